The molecule has 156 valence electrons. The molecule has 3 fully saturated rings. The zero-order valence-corrected chi connectivity index (χ0v) is 18.1. The number of carbonyl (C=O) groups excluding carboxylic acids is 1. The first-order valence-corrected chi connectivity index (χ1v) is 11.5. The standard InChI is InChI=1S/C22H29N3O3S/c1-15-13-16(2)19-18(14-15)29-21(23-19)25-7-3-17(4-8-25)20(26)24-9-5-22(6-10-24)27-11-12-28-22/h13-14,17H,3-12H2,1-2H3. The highest BCUT2D eigenvalue weighted by Gasteiger charge is 2.42. The molecule has 0 radical (unpaired) electrons. The lowest BCUT2D eigenvalue weighted by atomic mass is 9.94. The zero-order chi connectivity index (χ0) is 20.0. The summed E-state index contributed by atoms with van der Waals surface area (Å²) >= 11 is 1.77. The number of rotatable bonds is 2. The van der Waals surface area contributed by atoms with Crippen LogP contribution in [0.5, 0.6) is 0 Å². The Morgan fingerprint density at radius 2 is 1.79 bits per heavy atom. The van der Waals surface area contributed by atoms with Crippen molar-refractivity contribution >= 4 is 32.6 Å². The SMILES string of the molecule is Cc1cc(C)c2nc(N3CCC(C(=O)N4CCC5(CC4)OCCO5)CC3)sc2c1. The Balaban J connectivity index is 1.19. The molecule has 0 saturated carbocycles. The monoisotopic (exact) mass is 415 g/mol. The number of aromatic nitrogens is 1. The van der Waals surface area contributed by atoms with Gasteiger partial charge in [-0.3, -0.25) is 4.79 Å². The summed E-state index contributed by atoms with van der Waals surface area (Å²) in [6, 6.07) is 4.42. The molecule has 7 heteroatoms. The third-order valence-corrected chi connectivity index (χ3v) is 7.65. The van der Waals surface area contributed by atoms with Gasteiger partial charge in [0.15, 0.2) is 10.9 Å². The van der Waals surface area contributed by atoms with Crippen LogP contribution in [0.4, 0.5) is 5.13 Å². The normalized spacial score (nSPS) is 22.7. The van der Waals surface area contributed by atoms with E-state index in [9.17, 15) is 4.79 Å². The summed E-state index contributed by atoms with van der Waals surface area (Å²) in [5.41, 5.74) is 3.64. The van der Waals surface area contributed by atoms with Crippen molar-refractivity contribution in [3.63, 3.8) is 0 Å². The van der Waals surface area contributed by atoms with Crippen LogP contribution >= 0.6 is 11.3 Å². The van der Waals surface area contributed by atoms with Gasteiger partial charge in [-0.1, -0.05) is 17.4 Å². The van der Waals surface area contributed by atoms with E-state index in [-0.39, 0.29) is 5.92 Å². The van der Waals surface area contributed by atoms with Gasteiger partial charge in [-0.2, -0.15) is 0 Å². The van der Waals surface area contributed by atoms with Gasteiger partial charge in [0.1, 0.15) is 0 Å². The first-order valence-electron chi connectivity index (χ1n) is 10.7. The molecule has 3 aliphatic rings. The quantitative estimate of drug-likeness (QED) is 0.752. The molecule has 0 aliphatic carbocycles. The molecule has 2 aromatic rings. The summed E-state index contributed by atoms with van der Waals surface area (Å²) in [4.78, 5) is 22.3. The number of carbonyl (C=O) groups is 1. The Morgan fingerprint density at radius 1 is 1.10 bits per heavy atom. The Kier molecular flexibility index (Phi) is 5.00. The first kappa shape index (κ1) is 19.3. The number of ether oxygens (including phenoxy) is 2. The van der Waals surface area contributed by atoms with Crippen molar-refractivity contribution in [2.45, 2.75) is 45.3 Å². The topological polar surface area (TPSA) is 54.9 Å². The molecule has 0 N–H and O–H groups in total. The zero-order valence-electron chi connectivity index (χ0n) is 17.3. The van der Waals surface area contributed by atoms with Crippen LogP contribution in [0.3, 0.4) is 0 Å². The van der Waals surface area contributed by atoms with Crippen molar-refractivity contribution in [2.24, 2.45) is 5.92 Å². The Morgan fingerprint density at radius 3 is 2.48 bits per heavy atom. The molecule has 3 saturated heterocycles. The van der Waals surface area contributed by atoms with Gasteiger partial charge < -0.3 is 19.3 Å². The first-order chi connectivity index (χ1) is 14.0. The number of likely N-dealkylation sites (tertiary alicyclic amines) is 1. The summed E-state index contributed by atoms with van der Waals surface area (Å²) in [7, 11) is 0. The van der Waals surface area contributed by atoms with Gasteiger partial charge in [0, 0.05) is 44.9 Å². The number of nitrogens with zero attached hydrogens (tertiary/aromatic N) is 3. The van der Waals surface area contributed by atoms with Gasteiger partial charge in [0.2, 0.25) is 5.91 Å². The predicted octanol–water partition coefficient (Wildman–Crippen LogP) is 3.50. The van der Waals surface area contributed by atoms with Gasteiger partial charge in [0.25, 0.3) is 0 Å². The molecular weight excluding hydrogens is 386 g/mol. The van der Waals surface area contributed by atoms with E-state index in [1.807, 2.05) is 4.90 Å². The van der Waals surface area contributed by atoms with Gasteiger partial charge in [-0.15, -0.1) is 0 Å². The molecule has 1 aromatic carbocycles. The van der Waals surface area contributed by atoms with Gasteiger partial charge in [0.05, 0.1) is 23.4 Å². The molecule has 3 aliphatic heterocycles. The van der Waals surface area contributed by atoms with Crippen molar-refractivity contribution in [1.29, 1.82) is 0 Å². The van der Waals surface area contributed by atoms with E-state index in [0.717, 1.165) is 62.5 Å². The molecular formula is C22H29N3O3S. The Labute approximate surface area is 175 Å². The molecule has 1 aromatic heterocycles. The molecule has 0 bridgehead atoms. The van der Waals surface area contributed by atoms with Crippen LogP contribution in [0, 0.1) is 19.8 Å². The second kappa shape index (κ2) is 7.52. The number of piperidine rings is 2. The van der Waals surface area contributed by atoms with E-state index in [2.05, 4.69) is 30.9 Å². The van der Waals surface area contributed by atoms with E-state index in [1.165, 1.54) is 15.8 Å². The number of hydrogen-bond acceptors (Lipinski definition) is 6. The lowest BCUT2D eigenvalue weighted by Crippen LogP contribution is -2.50. The lowest BCUT2D eigenvalue weighted by Gasteiger charge is -2.40. The van der Waals surface area contributed by atoms with Crippen LogP contribution in [0.1, 0.15) is 36.8 Å². The van der Waals surface area contributed by atoms with Gasteiger partial charge >= 0.3 is 0 Å². The fraction of sp³-hybridized carbons (Fsp3) is 0.636. The van der Waals surface area contributed by atoms with Gasteiger partial charge in [-0.25, -0.2) is 4.98 Å². The van der Waals surface area contributed by atoms with Crippen molar-refractivity contribution < 1.29 is 14.3 Å². The average molecular weight is 416 g/mol. The number of benzene rings is 1. The average Bonchev–Trinajstić information content (AvgIpc) is 3.36. The lowest BCUT2D eigenvalue weighted by molar-refractivity contribution is -0.188. The maximum Gasteiger partial charge on any atom is 0.225 e. The number of fused-ring (bicyclic) bond motifs is 1. The molecule has 1 amide bonds. The van der Waals surface area contributed by atoms with E-state index < -0.39 is 5.79 Å². The minimum Gasteiger partial charge on any atom is -0.348 e. The predicted molar refractivity (Wildman–Crippen MR) is 114 cm³/mol. The molecule has 0 atom stereocenters. The van der Waals surface area contributed by atoms with Crippen LogP contribution in [-0.4, -0.2) is 61.0 Å². The van der Waals surface area contributed by atoms with E-state index in [0.29, 0.717) is 19.1 Å². The van der Waals surface area contributed by atoms with Crippen molar-refractivity contribution in [3.8, 4) is 0 Å². The van der Waals surface area contributed by atoms with Crippen LogP contribution in [-0.2, 0) is 14.3 Å². The molecule has 0 unspecified atom stereocenters. The summed E-state index contributed by atoms with van der Waals surface area (Å²) in [6.45, 7) is 8.92. The highest BCUT2D eigenvalue weighted by molar-refractivity contribution is 7.22. The molecule has 6 nitrogen and oxygen atoms in total. The second-order valence-electron chi connectivity index (χ2n) is 8.62. The van der Waals surface area contributed by atoms with Crippen LogP contribution in [0.2, 0.25) is 0 Å². The third kappa shape index (κ3) is 3.64. The van der Waals surface area contributed by atoms with E-state index in [4.69, 9.17) is 14.5 Å². The van der Waals surface area contributed by atoms with Crippen LogP contribution in [0.25, 0.3) is 10.2 Å². The van der Waals surface area contributed by atoms with Crippen molar-refractivity contribution in [2.75, 3.05) is 44.3 Å². The minimum absolute atomic E-state index is 0.129. The molecule has 4 heterocycles. The minimum atomic E-state index is -0.413. The van der Waals surface area contributed by atoms with Gasteiger partial charge in [-0.05, 0) is 43.9 Å². The fourth-order valence-corrected chi connectivity index (χ4v) is 6.12. The number of amides is 1. The maximum atomic E-state index is 13.0. The maximum absolute atomic E-state index is 13.0. The molecule has 5 rings (SSSR count). The second-order valence-corrected chi connectivity index (χ2v) is 9.63. The highest BCUT2D eigenvalue weighted by atomic mass is 32.1. The molecule has 29 heavy (non-hydrogen) atoms. The fourth-order valence-electron chi connectivity index (χ4n) is 4.92. The van der Waals surface area contributed by atoms with Crippen LogP contribution < -0.4 is 4.90 Å². The summed E-state index contributed by atoms with van der Waals surface area (Å²) in [6.07, 6.45) is 3.40. The van der Waals surface area contributed by atoms with Crippen molar-refractivity contribution in [3.05, 3.63) is 23.3 Å². The number of anilines is 1. The number of aryl methyl sites for hydroxylation is 2. The Bertz CT molecular complexity index is 903. The summed E-state index contributed by atoms with van der Waals surface area (Å²) in [5, 5.41) is 1.09. The Hall–Kier alpha value is -1.70. The smallest absolute Gasteiger partial charge is 0.225 e. The summed E-state index contributed by atoms with van der Waals surface area (Å²) in [5.74, 6) is 0.0288. The third-order valence-electron chi connectivity index (χ3n) is 6.58. The van der Waals surface area contributed by atoms with Crippen LogP contribution in [0.15, 0.2) is 12.1 Å². The molecule has 1 spiro atoms. The summed E-state index contributed by atoms with van der Waals surface area (Å²) < 4.78 is 12.8. The van der Waals surface area contributed by atoms with E-state index in [1.54, 1.807) is 11.3 Å². The largest absolute Gasteiger partial charge is 0.348 e. The number of hydrogen-bond donors (Lipinski definition) is 0. The highest BCUT2D eigenvalue weighted by Crippen LogP contribution is 2.35. The van der Waals surface area contributed by atoms with Crippen molar-refractivity contribution in [1.82, 2.24) is 9.88 Å². The number of thiazole rings is 1. The van der Waals surface area contributed by atoms with E-state index >= 15 is 0 Å².